The van der Waals surface area contributed by atoms with E-state index in [-0.39, 0.29) is 5.56 Å². The molecule has 2 nitrogen and oxygen atoms in total. The summed E-state index contributed by atoms with van der Waals surface area (Å²) in [5, 5.41) is 8.76. The van der Waals surface area contributed by atoms with Gasteiger partial charge < -0.3 is 5.11 Å². The molecule has 0 atom stereocenters. The third-order valence-electron chi connectivity index (χ3n) is 1.83. The minimum Gasteiger partial charge on any atom is -0.478 e. The normalized spacial score (nSPS) is 11.4. The van der Waals surface area contributed by atoms with E-state index in [9.17, 15) is 9.18 Å². The predicted molar refractivity (Wildman–Crippen MR) is 55.2 cm³/mol. The number of aromatic carboxylic acids is 1. The highest BCUT2D eigenvalue weighted by Crippen LogP contribution is 2.28. The van der Waals surface area contributed by atoms with Gasteiger partial charge in [0.2, 0.25) is 0 Å². The summed E-state index contributed by atoms with van der Waals surface area (Å²) in [7, 11) is 0. The van der Waals surface area contributed by atoms with Gasteiger partial charge in [-0.15, -0.1) is 0 Å². The summed E-state index contributed by atoms with van der Waals surface area (Å²) in [6, 6.07) is 4.36. The zero-order valence-electron chi connectivity index (χ0n) is 7.84. The van der Waals surface area contributed by atoms with Crippen molar-refractivity contribution in [1.29, 1.82) is 0 Å². The van der Waals surface area contributed by atoms with Crippen LogP contribution >= 0.6 is 15.9 Å². The fourth-order valence-corrected chi connectivity index (χ4v) is 1.55. The van der Waals surface area contributed by atoms with Crippen LogP contribution in [0.15, 0.2) is 22.7 Å². The molecular weight excluding hydrogens is 251 g/mol. The average Bonchev–Trinajstić information content (AvgIpc) is 2.01. The van der Waals surface area contributed by atoms with E-state index < -0.39 is 11.6 Å². The van der Waals surface area contributed by atoms with Crippen molar-refractivity contribution in [3.8, 4) is 0 Å². The first-order valence-corrected chi connectivity index (χ1v) is 4.83. The largest absolute Gasteiger partial charge is 0.478 e. The topological polar surface area (TPSA) is 37.3 Å². The van der Waals surface area contributed by atoms with Crippen LogP contribution in [0.5, 0.6) is 0 Å². The number of hydrogen-bond acceptors (Lipinski definition) is 1. The first-order valence-electron chi connectivity index (χ1n) is 4.04. The highest BCUT2D eigenvalue weighted by Gasteiger charge is 2.20. The predicted octanol–water partition coefficient (Wildman–Crippen LogP) is 3.35. The number of hydrogen-bond donors (Lipinski definition) is 1. The van der Waals surface area contributed by atoms with Crippen LogP contribution in [0, 0.1) is 0 Å². The van der Waals surface area contributed by atoms with Gasteiger partial charge in [-0.3, -0.25) is 0 Å². The van der Waals surface area contributed by atoms with Gasteiger partial charge in [-0.1, -0.05) is 15.9 Å². The summed E-state index contributed by atoms with van der Waals surface area (Å²) < 4.78 is 14.1. The van der Waals surface area contributed by atoms with Gasteiger partial charge in [0.05, 0.1) is 5.56 Å². The average molecular weight is 261 g/mol. The molecule has 0 saturated heterocycles. The lowest BCUT2D eigenvalue weighted by Crippen LogP contribution is -2.10. The zero-order valence-corrected chi connectivity index (χ0v) is 9.43. The first kappa shape index (κ1) is 11.2. The van der Waals surface area contributed by atoms with Crippen LogP contribution in [0.1, 0.15) is 29.8 Å². The van der Waals surface area contributed by atoms with Crippen molar-refractivity contribution in [2.24, 2.45) is 0 Å². The standard InChI is InChI=1S/C10H10BrFO2/c1-10(2,12)7-3-6(9(13)14)4-8(11)5-7/h3-5H,1-2H3,(H,13,14). The number of carboxylic acids is 1. The van der Waals surface area contributed by atoms with Gasteiger partial charge in [-0.25, -0.2) is 9.18 Å². The van der Waals surface area contributed by atoms with E-state index in [1.165, 1.54) is 26.0 Å². The number of benzene rings is 1. The number of alkyl halides is 1. The summed E-state index contributed by atoms with van der Waals surface area (Å²) in [5.74, 6) is -1.06. The van der Waals surface area contributed by atoms with Crippen LogP contribution in [-0.2, 0) is 5.67 Å². The van der Waals surface area contributed by atoms with Gasteiger partial charge in [-0.2, -0.15) is 0 Å². The Morgan fingerprint density at radius 3 is 2.43 bits per heavy atom. The van der Waals surface area contributed by atoms with Crippen molar-refractivity contribution < 1.29 is 14.3 Å². The summed E-state index contributed by atoms with van der Waals surface area (Å²) >= 11 is 3.14. The molecule has 0 aromatic heterocycles. The highest BCUT2D eigenvalue weighted by molar-refractivity contribution is 9.10. The van der Waals surface area contributed by atoms with E-state index in [1.807, 2.05) is 0 Å². The van der Waals surface area contributed by atoms with Gasteiger partial charge in [-0.05, 0) is 37.6 Å². The Balaban J connectivity index is 3.28. The second-order valence-corrected chi connectivity index (χ2v) is 4.42. The molecule has 1 N–H and O–H groups in total. The summed E-state index contributed by atoms with van der Waals surface area (Å²) in [5.41, 5.74) is -1.10. The second kappa shape index (κ2) is 3.69. The Kier molecular flexibility index (Phi) is 2.95. The van der Waals surface area contributed by atoms with Crippen molar-refractivity contribution in [1.82, 2.24) is 0 Å². The third kappa shape index (κ3) is 2.54. The first-order chi connectivity index (χ1) is 6.30. The fraction of sp³-hybridized carbons (Fsp3) is 0.300. The lowest BCUT2D eigenvalue weighted by molar-refractivity contribution is 0.0696. The van der Waals surface area contributed by atoms with Crippen molar-refractivity contribution in [3.05, 3.63) is 33.8 Å². The molecule has 0 aliphatic heterocycles. The minimum absolute atomic E-state index is 0.0834. The monoisotopic (exact) mass is 260 g/mol. The van der Waals surface area contributed by atoms with Crippen LogP contribution in [0.4, 0.5) is 4.39 Å². The Morgan fingerprint density at radius 2 is 2.00 bits per heavy atom. The Morgan fingerprint density at radius 1 is 1.43 bits per heavy atom. The number of carboxylic acid groups (broad SMARTS) is 1. The summed E-state index contributed by atoms with van der Waals surface area (Å²) in [4.78, 5) is 10.7. The smallest absolute Gasteiger partial charge is 0.335 e. The molecular formula is C10H10BrFO2. The van der Waals surface area contributed by atoms with Gasteiger partial charge in [0, 0.05) is 4.47 Å². The molecule has 0 heterocycles. The molecule has 4 heteroatoms. The highest BCUT2D eigenvalue weighted by atomic mass is 79.9. The van der Waals surface area contributed by atoms with E-state index in [4.69, 9.17) is 5.11 Å². The number of halogens is 2. The molecule has 0 aliphatic rings. The van der Waals surface area contributed by atoms with Gasteiger partial charge in [0.25, 0.3) is 0 Å². The zero-order chi connectivity index (χ0) is 10.9. The van der Waals surface area contributed by atoms with Gasteiger partial charge >= 0.3 is 5.97 Å². The minimum atomic E-state index is -1.53. The van der Waals surface area contributed by atoms with Crippen molar-refractivity contribution in [3.63, 3.8) is 0 Å². The molecule has 0 aliphatic carbocycles. The van der Waals surface area contributed by atoms with Crippen LogP contribution in [0.3, 0.4) is 0 Å². The van der Waals surface area contributed by atoms with Crippen LogP contribution in [0.2, 0.25) is 0 Å². The lowest BCUT2D eigenvalue weighted by atomic mass is 9.98. The van der Waals surface area contributed by atoms with Crippen LogP contribution < -0.4 is 0 Å². The molecule has 76 valence electrons. The molecule has 0 radical (unpaired) electrons. The molecule has 0 saturated carbocycles. The summed E-state index contributed by atoms with van der Waals surface area (Å²) in [6.45, 7) is 2.78. The second-order valence-electron chi connectivity index (χ2n) is 3.51. The number of rotatable bonds is 2. The molecule has 1 aromatic rings. The quantitative estimate of drug-likeness (QED) is 0.886. The van der Waals surface area contributed by atoms with Crippen LogP contribution in [0.25, 0.3) is 0 Å². The molecule has 1 rings (SSSR count). The van der Waals surface area contributed by atoms with E-state index >= 15 is 0 Å². The molecule has 14 heavy (non-hydrogen) atoms. The van der Waals surface area contributed by atoms with E-state index in [0.717, 1.165) is 0 Å². The van der Waals surface area contributed by atoms with E-state index in [0.29, 0.717) is 10.0 Å². The van der Waals surface area contributed by atoms with Crippen LogP contribution in [-0.4, -0.2) is 11.1 Å². The van der Waals surface area contributed by atoms with Crippen molar-refractivity contribution >= 4 is 21.9 Å². The summed E-state index contributed by atoms with van der Waals surface area (Å²) in [6.07, 6.45) is 0. The molecule has 0 spiro atoms. The SMILES string of the molecule is CC(C)(F)c1cc(Br)cc(C(=O)O)c1. The molecule has 1 aromatic carbocycles. The Hall–Kier alpha value is -0.900. The lowest BCUT2D eigenvalue weighted by Gasteiger charge is -2.15. The van der Waals surface area contributed by atoms with Crippen molar-refractivity contribution in [2.45, 2.75) is 19.5 Å². The molecule has 0 amide bonds. The Bertz CT molecular complexity index is 369. The van der Waals surface area contributed by atoms with E-state index in [1.54, 1.807) is 6.07 Å². The number of carbonyl (C=O) groups is 1. The third-order valence-corrected chi connectivity index (χ3v) is 2.29. The maximum absolute atomic E-state index is 13.5. The molecule has 0 bridgehead atoms. The molecule has 0 unspecified atom stereocenters. The maximum Gasteiger partial charge on any atom is 0.335 e. The van der Waals surface area contributed by atoms with Gasteiger partial charge in [0.1, 0.15) is 5.67 Å². The molecule has 0 fully saturated rings. The fourth-order valence-electron chi connectivity index (χ4n) is 1.06. The van der Waals surface area contributed by atoms with Crippen molar-refractivity contribution in [2.75, 3.05) is 0 Å². The van der Waals surface area contributed by atoms with E-state index in [2.05, 4.69) is 15.9 Å². The van der Waals surface area contributed by atoms with Gasteiger partial charge in [0.15, 0.2) is 0 Å². The Labute approximate surface area is 89.9 Å². The maximum atomic E-state index is 13.5.